The van der Waals surface area contributed by atoms with Crippen LogP contribution in [0.15, 0.2) is 30.3 Å². The molecule has 2 aliphatic rings. The molecule has 11 heteroatoms. The van der Waals surface area contributed by atoms with E-state index in [1.807, 2.05) is 6.07 Å². The monoisotopic (exact) mass is 435 g/mol. The van der Waals surface area contributed by atoms with Gasteiger partial charge in [-0.05, 0) is 18.4 Å². The highest BCUT2D eigenvalue weighted by atomic mass is 16.5. The van der Waals surface area contributed by atoms with Crippen molar-refractivity contribution in [3.05, 3.63) is 35.9 Å². The normalized spacial score (nSPS) is 25.9. The van der Waals surface area contributed by atoms with E-state index in [4.69, 9.17) is 4.74 Å². The van der Waals surface area contributed by atoms with Gasteiger partial charge in [-0.15, -0.1) is 0 Å². The minimum absolute atomic E-state index is 0.00999. The summed E-state index contributed by atoms with van der Waals surface area (Å²) in [7, 11) is 0. The number of nitrogens with one attached hydrogen (secondary N) is 1. The first-order chi connectivity index (χ1) is 14.8. The highest BCUT2D eigenvalue weighted by Gasteiger charge is 2.58. The summed E-state index contributed by atoms with van der Waals surface area (Å²) in [6.07, 6.45) is -1.81. The second kappa shape index (κ2) is 9.41. The lowest BCUT2D eigenvalue weighted by molar-refractivity contribution is -0.190. The number of carboxylic acids is 1. The van der Waals surface area contributed by atoms with Gasteiger partial charge in [0, 0.05) is 19.5 Å². The third-order valence-electron chi connectivity index (χ3n) is 5.61. The van der Waals surface area contributed by atoms with E-state index in [0.717, 1.165) is 10.5 Å². The van der Waals surface area contributed by atoms with Crippen molar-refractivity contribution < 1.29 is 39.3 Å². The molecule has 1 aromatic carbocycles. The van der Waals surface area contributed by atoms with E-state index in [-0.39, 0.29) is 32.5 Å². The molecule has 1 aromatic rings. The molecule has 4 N–H and O–H groups in total. The van der Waals surface area contributed by atoms with Crippen molar-refractivity contribution in [2.45, 2.75) is 43.6 Å². The van der Waals surface area contributed by atoms with Crippen molar-refractivity contribution in [3.63, 3.8) is 0 Å². The van der Waals surface area contributed by atoms with Gasteiger partial charge >= 0.3 is 12.1 Å². The van der Waals surface area contributed by atoms with Crippen molar-refractivity contribution in [2.24, 2.45) is 0 Å². The molecule has 0 aromatic heterocycles. The second-order valence-electron chi connectivity index (χ2n) is 7.62. The molecule has 3 atom stereocenters. The average Bonchev–Trinajstić information content (AvgIpc) is 3.34. The molecule has 0 radical (unpaired) electrons. The summed E-state index contributed by atoms with van der Waals surface area (Å²) in [5.74, 6) is -3.04. The van der Waals surface area contributed by atoms with Gasteiger partial charge in [-0.3, -0.25) is 9.59 Å². The van der Waals surface area contributed by atoms with Crippen molar-refractivity contribution in [3.8, 4) is 0 Å². The van der Waals surface area contributed by atoms with Crippen LogP contribution in [-0.4, -0.2) is 86.5 Å². The van der Waals surface area contributed by atoms with Crippen LogP contribution >= 0.6 is 0 Å². The summed E-state index contributed by atoms with van der Waals surface area (Å²) in [6, 6.07) is 7.71. The van der Waals surface area contributed by atoms with E-state index < -0.39 is 48.0 Å². The van der Waals surface area contributed by atoms with E-state index in [1.165, 1.54) is 0 Å². The molecule has 168 valence electrons. The standard InChI is InChI=1S/C20H25N3O8/c24-14-9-15(17(26)20(18(27)28)7-4-8-23(20)30)22(11-14)16(25)10-21-19(29)31-12-13-5-2-1-3-6-13/h1-3,5-6,14-15,24,30H,4,7-12H2,(H,21,29)(H,27,28)/t14-,15+,20-/m1/s1. The average molecular weight is 435 g/mol. The Balaban J connectivity index is 1.61. The number of hydrogen-bond acceptors (Lipinski definition) is 8. The fourth-order valence-electron chi connectivity index (χ4n) is 4.01. The van der Waals surface area contributed by atoms with Gasteiger partial charge in [0.15, 0.2) is 5.78 Å². The second-order valence-corrected chi connectivity index (χ2v) is 7.62. The summed E-state index contributed by atoms with van der Waals surface area (Å²) >= 11 is 0. The summed E-state index contributed by atoms with van der Waals surface area (Å²) in [6.45, 7) is -0.655. The van der Waals surface area contributed by atoms with Crippen molar-refractivity contribution in [1.82, 2.24) is 15.3 Å². The minimum atomic E-state index is -2.16. The third-order valence-corrected chi connectivity index (χ3v) is 5.61. The number of aliphatic hydroxyl groups is 1. The Hall–Kier alpha value is -3.02. The number of Topliss-reactive ketones (excluding diaryl/α,β-unsaturated/α-hetero) is 1. The number of benzene rings is 1. The maximum absolute atomic E-state index is 13.1. The van der Waals surface area contributed by atoms with Crippen molar-refractivity contribution in [1.29, 1.82) is 0 Å². The summed E-state index contributed by atoms with van der Waals surface area (Å²) in [5, 5.41) is 32.5. The van der Waals surface area contributed by atoms with Crippen LogP contribution in [-0.2, 0) is 25.7 Å². The van der Waals surface area contributed by atoms with Gasteiger partial charge in [-0.25, -0.2) is 9.59 Å². The Kier molecular flexibility index (Phi) is 6.88. The van der Waals surface area contributed by atoms with E-state index in [0.29, 0.717) is 11.5 Å². The number of hydroxylamine groups is 2. The van der Waals surface area contributed by atoms with Gasteiger partial charge in [-0.2, -0.15) is 5.06 Å². The molecule has 31 heavy (non-hydrogen) atoms. The Bertz CT molecular complexity index is 848. The zero-order valence-electron chi connectivity index (χ0n) is 16.8. The third kappa shape index (κ3) is 4.68. The quantitative estimate of drug-likeness (QED) is 0.424. The Morgan fingerprint density at radius 2 is 1.90 bits per heavy atom. The van der Waals surface area contributed by atoms with Gasteiger partial charge in [0.1, 0.15) is 13.2 Å². The van der Waals surface area contributed by atoms with Gasteiger partial charge in [0.05, 0.1) is 12.1 Å². The Morgan fingerprint density at radius 1 is 1.19 bits per heavy atom. The predicted octanol–water partition coefficient (Wildman–Crippen LogP) is -0.248. The van der Waals surface area contributed by atoms with E-state index in [1.54, 1.807) is 24.3 Å². The number of aliphatic hydroxyl groups excluding tert-OH is 1. The number of hydrogen-bond donors (Lipinski definition) is 4. The maximum atomic E-state index is 13.1. The molecule has 2 aliphatic heterocycles. The lowest BCUT2D eigenvalue weighted by atomic mass is 9.86. The fourth-order valence-corrected chi connectivity index (χ4v) is 4.01. The number of aliphatic carboxylic acids is 1. The first kappa shape index (κ1) is 22.7. The number of ketones is 1. The summed E-state index contributed by atoms with van der Waals surface area (Å²) in [5.41, 5.74) is -1.39. The molecule has 2 saturated heterocycles. The number of β-amino-alcohol motifs (C(OH)–C–C–N with tert-alkyl or cyclic N) is 1. The van der Waals surface area contributed by atoms with Crippen LogP contribution in [0.3, 0.4) is 0 Å². The smallest absolute Gasteiger partial charge is 0.407 e. The van der Waals surface area contributed by atoms with Gasteiger partial charge < -0.3 is 30.4 Å². The molecule has 0 aliphatic carbocycles. The molecule has 0 saturated carbocycles. The number of ether oxygens (including phenoxy) is 1. The lowest BCUT2D eigenvalue weighted by Crippen LogP contribution is -2.61. The van der Waals surface area contributed by atoms with Crippen LogP contribution in [0.5, 0.6) is 0 Å². The summed E-state index contributed by atoms with van der Waals surface area (Å²) < 4.78 is 5.02. The highest BCUT2D eigenvalue weighted by molar-refractivity contribution is 6.11. The van der Waals surface area contributed by atoms with E-state index in [2.05, 4.69) is 5.32 Å². The fraction of sp³-hybridized carbons (Fsp3) is 0.500. The van der Waals surface area contributed by atoms with Gasteiger partial charge in [0.25, 0.3) is 0 Å². The van der Waals surface area contributed by atoms with Crippen LogP contribution in [0.2, 0.25) is 0 Å². The van der Waals surface area contributed by atoms with Crippen LogP contribution in [0.1, 0.15) is 24.8 Å². The number of carboxylic acid groups (broad SMARTS) is 1. The van der Waals surface area contributed by atoms with Crippen LogP contribution < -0.4 is 5.32 Å². The highest BCUT2D eigenvalue weighted by Crippen LogP contribution is 2.34. The van der Waals surface area contributed by atoms with E-state index in [9.17, 15) is 34.6 Å². The van der Waals surface area contributed by atoms with Crippen molar-refractivity contribution in [2.75, 3.05) is 19.6 Å². The molecule has 2 heterocycles. The number of likely N-dealkylation sites (tertiary alicyclic amines) is 1. The predicted molar refractivity (Wildman–Crippen MR) is 104 cm³/mol. The topological polar surface area (TPSA) is 157 Å². The maximum Gasteiger partial charge on any atom is 0.407 e. The van der Waals surface area contributed by atoms with Crippen molar-refractivity contribution >= 4 is 23.8 Å². The molecular weight excluding hydrogens is 410 g/mol. The van der Waals surface area contributed by atoms with Crippen LogP contribution in [0.4, 0.5) is 4.79 Å². The molecule has 2 amide bonds. The lowest BCUT2D eigenvalue weighted by Gasteiger charge is -2.33. The molecule has 0 bridgehead atoms. The zero-order valence-corrected chi connectivity index (χ0v) is 16.8. The Morgan fingerprint density at radius 3 is 2.52 bits per heavy atom. The van der Waals surface area contributed by atoms with Gasteiger partial charge in [-0.1, -0.05) is 30.3 Å². The molecule has 11 nitrogen and oxygen atoms in total. The number of alkyl carbamates (subject to hydrolysis) is 1. The molecule has 3 rings (SSSR count). The number of carbonyl (C=O) groups is 4. The number of carbonyl (C=O) groups excluding carboxylic acids is 3. The van der Waals surface area contributed by atoms with Gasteiger partial charge in [0.2, 0.25) is 11.4 Å². The zero-order chi connectivity index (χ0) is 22.6. The summed E-state index contributed by atoms with van der Waals surface area (Å²) in [4.78, 5) is 50.4. The van der Waals surface area contributed by atoms with Crippen LogP contribution in [0, 0.1) is 0 Å². The molecular formula is C20H25N3O8. The first-order valence-corrected chi connectivity index (χ1v) is 9.92. The number of nitrogens with zero attached hydrogens (tertiary/aromatic N) is 2. The molecule has 0 spiro atoms. The number of amides is 2. The van der Waals surface area contributed by atoms with Crippen LogP contribution in [0.25, 0.3) is 0 Å². The minimum Gasteiger partial charge on any atom is -0.479 e. The SMILES string of the molecule is O=C(NCC(=O)N1C[C@H](O)C[C@H]1C(=O)[C@@]1(C(=O)O)CCCN1O)OCc1ccccc1. The Labute approximate surface area is 178 Å². The first-order valence-electron chi connectivity index (χ1n) is 9.92. The number of rotatable bonds is 7. The molecule has 0 unspecified atom stereocenters. The largest absolute Gasteiger partial charge is 0.479 e. The van der Waals surface area contributed by atoms with E-state index >= 15 is 0 Å². The molecule has 2 fully saturated rings.